The quantitative estimate of drug-likeness (QED) is 0.0348. The number of rotatable bonds is 43. The van der Waals surface area contributed by atoms with Crippen LogP contribution in [-0.2, 0) is 28.6 Å². The Morgan fingerprint density at radius 2 is 0.625 bits per heavy atom. The Bertz CT molecular complexity index is 870. The SMILES string of the molecule is CCC(C)CCCCCCCCC(=O)O[C@@H](COC(=O)CCCCCCCCCCCCCCCCCCC(C)C)COC(=O)CCCCCCCCC(C)C. The molecule has 0 fully saturated rings. The molecule has 0 aromatic carbocycles. The zero-order chi connectivity index (χ0) is 41.3. The Morgan fingerprint density at radius 1 is 0.357 bits per heavy atom. The normalized spacial score (nSPS) is 12.6. The third-order valence-corrected chi connectivity index (χ3v) is 11.5. The smallest absolute Gasteiger partial charge is 0.306 e. The lowest BCUT2D eigenvalue weighted by Gasteiger charge is -2.18. The van der Waals surface area contributed by atoms with Crippen molar-refractivity contribution in [3.05, 3.63) is 0 Å². The van der Waals surface area contributed by atoms with E-state index in [2.05, 4.69) is 41.5 Å². The fourth-order valence-corrected chi connectivity index (χ4v) is 7.38. The van der Waals surface area contributed by atoms with Crippen LogP contribution in [0.3, 0.4) is 0 Å². The molecule has 0 aromatic heterocycles. The molecule has 0 saturated carbocycles. The van der Waals surface area contributed by atoms with Gasteiger partial charge < -0.3 is 14.2 Å². The summed E-state index contributed by atoms with van der Waals surface area (Å²) in [6.45, 7) is 13.6. The summed E-state index contributed by atoms with van der Waals surface area (Å²) in [5, 5.41) is 0. The first-order valence-corrected chi connectivity index (χ1v) is 24.6. The van der Waals surface area contributed by atoms with Gasteiger partial charge in [0, 0.05) is 19.3 Å². The lowest BCUT2D eigenvalue weighted by molar-refractivity contribution is -0.167. The summed E-state index contributed by atoms with van der Waals surface area (Å²) in [7, 11) is 0. The van der Waals surface area contributed by atoms with Crippen molar-refractivity contribution in [2.45, 2.75) is 272 Å². The minimum atomic E-state index is -0.763. The van der Waals surface area contributed by atoms with E-state index in [-0.39, 0.29) is 31.1 Å². The van der Waals surface area contributed by atoms with Gasteiger partial charge in [-0.25, -0.2) is 0 Å². The number of esters is 3. The average molecular weight is 793 g/mol. The summed E-state index contributed by atoms with van der Waals surface area (Å²) >= 11 is 0. The van der Waals surface area contributed by atoms with Gasteiger partial charge in [-0.15, -0.1) is 0 Å². The number of carbonyl (C=O) groups is 3. The molecule has 0 rings (SSSR count). The summed E-state index contributed by atoms with van der Waals surface area (Å²) in [5.74, 6) is 1.56. The number of hydrogen-bond donors (Lipinski definition) is 0. The molecule has 6 heteroatoms. The molecule has 0 heterocycles. The first-order valence-electron chi connectivity index (χ1n) is 24.6. The molecule has 0 aliphatic carbocycles. The molecule has 0 bridgehead atoms. The predicted molar refractivity (Wildman–Crippen MR) is 238 cm³/mol. The van der Waals surface area contributed by atoms with Crippen LogP contribution in [0.4, 0.5) is 0 Å². The van der Waals surface area contributed by atoms with E-state index in [1.165, 1.54) is 148 Å². The van der Waals surface area contributed by atoms with Crippen LogP contribution in [0.25, 0.3) is 0 Å². The van der Waals surface area contributed by atoms with Crippen molar-refractivity contribution < 1.29 is 28.6 Å². The fourth-order valence-electron chi connectivity index (χ4n) is 7.38. The summed E-state index contributed by atoms with van der Waals surface area (Å²) in [6.07, 6.45) is 39.7. The lowest BCUT2D eigenvalue weighted by Crippen LogP contribution is -2.30. The molecule has 332 valence electrons. The Labute approximate surface area is 348 Å². The minimum absolute atomic E-state index is 0.0666. The van der Waals surface area contributed by atoms with Gasteiger partial charge in [0.2, 0.25) is 0 Å². The second-order valence-corrected chi connectivity index (χ2v) is 18.3. The Kier molecular flexibility index (Phi) is 40.4. The number of carbonyl (C=O) groups excluding carboxylic acids is 3. The van der Waals surface area contributed by atoms with Crippen molar-refractivity contribution in [1.82, 2.24) is 0 Å². The molecular formula is C50H96O6. The average Bonchev–Trinajstić information content (AvgIpc) is 3.16. The molecule has 2 atom stereocenters. The van der Waals surface area contributed by atoms with Crippen LogP contribution in [0, 0.1) is 17.8 Å². The van der Waals surface area contributed by atoms with E-state index in [0.29, 0.717) is 19.3 Å². The number of hydrogen-bond acceptors (Lipinski definition) is 6. The molecule has 0 spiro atoms. The molecule has 56 heavy (non-hydrogen) atoms. The molecule has 0 radical (unpaired) electrons. The van der Waals surface area contributed by atoms with E-state index >= 15 is 0 Å². The monoisotopic (exact) mass is 793 g/mol. The van der Waals surface area contributed by atoms with Gasteiger partial charge in [-0.05, 0) is 37.0 Å². The molecule has 0 amide bonds. The molecule has 0 aliphatic rings. The van der Waals surface area contributed by atoms with Crippen LogP contribution < -0.4 is 0 Å². The van der Waals surface area contributed by atoms with Gasteiger partial charge in [-0.3, -0.25) is 14.4 Å². The maximum atomic E-state index is 12.7. The molecule has 0 N–H and O–H groups in total. The standard InChI is InChI=1S/C50H96O6/c1-7-46(6)38-32-26-21-23-29-35-41-50(53)56-47(43-55-49(52)40-34-28-22-20-25-31-37-45(4)5)42-54-48(51)39-33-27-19-17-15-13-11-9-8-10-12-14-16-18-24-30-36-44(2)3/h44-47H,7-43H2,1-6H3/t46?,47-/m0/s1. The van der Waals surface area contributed by atoms with Gasteiger partial charge in [0.1, 0.15) is 13.2 Å². The van der Waals surface area contributed by atoms with Gasteiger partial charge in [0.25, 0.3) is 0 Å². The van der Waals surface area contributed by atoms with Crippen LogP contribution >= 0.6 is 0 Å². The molecular weight excluding hydrogens is 697 g/mol. The maximum Gasteiger partial charge on any atom is 0.306 e. The van der Waals surface area contributed by atoms with Crippen molar-refractivity contribution >= 4 is 17.9 Å². The summed E-state index contributed by atoms with van der Waals surface area (Å²) in [6, 6.07) is 0. The molecule has 1 unspecified atom stereocenters. The zero-order valence-corrected chi connectivity index (χ0v) is 38.4. The second-order valence-electron chi connectivity index (χ2n) is 18.3. The lowest BCUT2D eigenvalue weighted by atomic mass is 10.00. The summed E-state index contributed by atoms with van der Waals surface area (Å²) in [4.78, 5) is 37.7. The predicted octanol–water partition coefficient (Wildman–Crippen LogP) is 15.6. The Hall–Kier alpha value is -1.59. The highest BCUT2D eigenvalue weighted by Crippen LogP contribution is 2.18. The van der Waals surface area contributed by atoms with Crippen LogP contribution in [0.1, 0.15) is 266 Å². The number of ether oxygens (including phenoxy) is 3. The molecule has 6 nitrogen and oxygen atoms in total. The van der Waals surface area contributed by atoms with E-state index in [1.807, 2.05) is 0 Å². The van der Waals surface area contributed by atoms with Gasteiger partial charge in [0.15, 0.2) is 6.10 Å². The Morgan fingerprint density at radius 3 is 0.929 bits per heavy atom. The van der Waals surface area contributed by atoms with Crippen molar-refractivity contribution in [2.24, 2.45) is 17.8 Å². The highest BCUT2D eigenvalue weighted by molar-refractivity contribution is 5.71. The van der Waals surface area contributed by atoms with Crippen LogP contribution in [0.5, 0.6) is 0 Å². The van der Waals surface area contributed by atoms with Crippen molar-refractivity contribution in [1.29, 1.82) is 0 Å². The summed E-state index contributed by atoms with van der Waals surface area (Å²) < 4.78 is 16.7. The highest BCUT2D eigenvalue weighted by atomic mass is 16.6. The third-order valence-electron chi connectivity index (χ3n) is 11.5. The third kappa shape index (κ3) is 42.0. The van der Waals surface area contributed by atoms with E-state index in [9.17, 15) is 14.4 Å². The van der Waals surface area contributed by atoms with Gasteiger partial charge in [-0.1, -0.05) is 228 Å². The van der Waals surface area contributed by atoms with Gasteiger partial charge in [0.05, 0.1) is 0 Å². The van der Waals surface area contributed by atoms with Gasteiger partial charge >= 0.3 is 17.9 Å². The van der Waals surface area contributed by atoms with E-state index < -0.39 is 6.10 Å². The summed E-state index contributed by atoms with van der Waals surface area (Å²) in [5.41, 5.74) is 0. The molecule has 0 saturated heterocycles. The molecule has 0 aromatic rings. The number of unbranched alkanes of at least 4 members (excludes halogenated alkanes) is 25. The van der Waals surface area contributed by atoms with Gasteiger partial charge in [-0.2, -0.15) is 0 Å². The molecule has 0 aliphatic heterocycles. The Balaban J connectivity index is 4.21. The fraction of sp³-hybridized carbons (Fsp3) is 0.940. The largest absolute Gasteiger partial charge is 0.462 e. The van der Waals surface area contributed by atoms with Crippen LogP contribution in [0.15, 0.2) is 0 Å². The van der Waals surface area contributed by atoms with Crippen molar-refractivity contribution in [3.8, 4) is 0 Å². The van der Waals surface area contributed by atoms with Crippen molar-refractivity contribution in [3.63, 3.8) is 0 Å². The minimum Gasteiger partial charge on any atom is -0.462 e. The van der Waals surface area contributed by atoms with Crippen LogP contribution in [0.2, 0.25) is 0 Å². The zero-order valence-electron chi connectivity index (χ0n) is 38.4. The van der Waals surface area contributed by atoms with E-state index in [0.717, 1.165) is 75.5 Å². The maximum absolute atomic E-state index is 12.7. The van der Waals surface area contributed by atoms with Crippen LogP contribution in [-0.4, -0.2) is 37.2 Å². The second kappa shape index (κ2) is 41.6. The van der Waals surface area contributed by atoms with Crippen molar-refractivity contribution in [2.75, 3.05) is 13.2 Å². The van der Waals surface area contributed by atoms with E-state index in [1.54, 1.807) is 0 Å². The highest BCUT2D eigenvalue weighted by Gasteiger charge is 2.19. The van der Waals surface area contributed by atoms with E-state index in [4.69, 9.17) is 14.2 Å². The topological polar surface area (TPSA) is 78.9 Å². The first-order chi connectivity index (χ1) is 27.1. The first kappa shape index (κ1) is 54.4.